The van der Waals surface area contributed by atoms with E-state index in [1.807, 2.05) is 18.2 Å². The van der Waals surface area contributed by atoms with Gasteiger partial charge in [-0.25, -0.2) is 4.52 Å². The second-order valence-electron chi connectivity index (χ2n) is 3.35. The molecule has 16 heavy (non-hydrogen) atoms. The molecule has 0 aromatic carbocycles. The fourth-order valence-corrected chi connectivity index (χ4v) is 1.41. The highest BCUT2D eigenvalue weighted by molar-refractivity contribution is 5.93. The summed E-state index contributed by atoms with van der Waals surface area (Å²) >= 11 is 0. The van der Waals surface area contributed by atoms with E-state index in [4.69, 9.17) is 4.74 Å². The topological polar surface area (TPSA) is 55.6 Å². The van der Waals surface area contributed by atoms with Crippen LogP contribution in [0.25, 0.3) is 5.52 Å². The van der Waals surface area contributed by atoms with Gasteiger partial charge in [0.25, 0.3) is 5.91 Å². The zero-order chi connectivity index (χ0) is 11.4. The van der Waals surface area contributed by atoms with Gasteiger partial charge in [-0.1, -0.05) is 6.07 Å². The molecule has 0 fully saturated rings. The summed E-state index contributed by atoms with van der Waals surface area (Å²) in [6, 6.07) is 7.43. The molecule has 0 aliphatic rings. The van der Waals surface area contributed by atoms with Crippen LogP contribution in [-0.2, 0) is 4.74 Å². The van der Waals surface area contributed by atoms with Crippen LogP contribution >= 0.6 is 0 Å². The smallest absolute Gasteiger partial charge is 0.271 e. The quantitative estimate of drug-likeness (QED) is 0.770. The Morgan fingerprint density at radius 2 is 2.44 bits per heavy atom. The van der Waals surface area contributed by atoms with E-state index in [1.54, 1.807) is 23.9 Å². The number of rotatable bonds is 4. The van der Waals surface area contributed by atoms with Crippen LogP contribution in [0.5, 0.6) is 0 Å². The number of nitrogens with one attached hydrogen (secondary N) is 1. The number of fused-ring (bicyclic) bond motifs is 1. The number of ether oxygens (including phenoxy) is 1. The normalized spacial score (nSPS) is 10.6. The van der Waals surface area contributed by atoms with Crippen molar-refractivity contribution < 1.29 is 9.53 Å². The molecule has 5 nitrogen and oxygen atoms in total. The molecule has 84 valence electrons. The molecule has 0 radical (unpaired) electrons. The number of hydrogen-bond acceptors (Lipinski definition) is 3. The van der Waals surface area contributed by atoms with Crippen molar-refractivity contribution in [1.82, 2.24) is 14.9 Å². The maximum absolute atomic E-state index is 11.6. The Labute approximate surface area is 93.0 Å². The number of hydrogen-bond donors (Lipinski definition) is 1. The van der Waals surface area contributed by atoms with Gasteiger partial charge in [-0.2, -0.15) is 5.10 Å². The molecule has 0 bridgehead atoms. The summed E-state index contributed by atoms with van der Waals surface area (Å²) in [6.07, 6.45) is 1.81. The van der Waals surface area contributed by atoms with Crippen molar-refractivity contribution in [3.8, 4) is 0 Å². The van der Waals surface area contributed by atoms with Crippen molar-refractivity contribution >= 4 is 11.4 Å². The molecular weight excluding hydrogens is 206 g/mol. The van der Waals surface area contributed by atoms with E-state index in [0.717, 1.165) is 5.52 Å². The van der Waals surface area contributed by atoms with Crippen molar-refractivity contribution in [3.05, 3.63) is 36.2 Å². The van der Waals surface area contributed by atoms with E-state index >= 15 is 0 Å². The average Bonchev–Trinajstić information content (AvgIpc) is 2.73. The van der Waals surface area contributed by atoms with Crippen LogP contribution in [0.15, 0.2) is 30.5 Å². The standard InChI is InChI=1S/C11H13N3O2/c1-16-7-5-12-11(15)10-8-9-4-2-3-6-14(9)13-10/h2-4,6,8H,5,7H2,1H3,(H,12,15). The Morgan fingerprint density at radius 1 is 1.56 bits per heavy atom. The molecule has 0 spiro atoms. The summed E-state index contributed by atoms with van der Waals surface area (Å²) in [5, 5.41) is 6.88. The third-order valence-corrected chi connectivity index (χ3v) is 2.19. The molecule has 0 aliphatic carbocycles. The van der Waals surface area contributed by atoms with Crippen LogP contribution in [0.4, 0.5) is 0 Å². The number of carbonyl (C=O) groups excluding carboxylic acids is 1. The van der Waals surface area contributed by atoms with Crippen molar-refractivity contribution in [2.75, 3.05) is 20.3 Å². The minimum absolute atomic E-state index is 0.180. The fraction of sp³-hybridized carbons (Fsp3) is 0.273. The Morgan fingerprint density at radius 3 is 3.19 bits per heavy atom. The minimum atomic E-state index is -0.180. The Kier molecular flexibility index (Phi) is 3.16. The second kappa shape index (κ2) is 4.76. The SMILES string of the molecule is COCCNC(=O)c1cc2ccccn2n1. The number of nitrogens with zero attached hydrogens (tertiary/aromatic N) is 2. The average molecular weight is 219 g/mol. The maximum Gasteiger partial charge on any atom is 0.271 e. The lowest BCUT2D eigenvalue weighted by Crippen LogP contribution is -2.27. The number of aromatic nitrogens is 2. The highest BCUT2D eigenvalue weighted by Crippen LogP contribution is 2.05. The molecule has 5 heteroatoms. The van der Waals surface area contributed by atoms with Gasteiger partial charge < -0.3 is 10.1 Å². The molecule has 0 atom stereocenters. The summed E-state index contributed by atoms with van der Waals surface area (Å²) < 4.78 is 6.52. The molecule has 2 aromatic heterocycles. The number of pyridine rings is 1. The van der Waals surface area contributed by atoms with Gasteiger partial charge in [0, 0.05) is 19.9 Å². The highest BCUT2D eigenvalue weighted by Gasteiger charge is 2.09. The molecule has 2 heterocycles. The lowest BCUT2D eigenvalue weighted by Gasteiger charge is -2.00. The molecule has 0 saturated heterocycles. The van der Waals surface area contributed by atoms with E-state index < -0.39 is 0 Å². The molecule has 0 unspecified atom stereocenters. The van der Waals surface area contributed by atoms with E-state index in [1.165, 1.54) is 0 Å². The third-order valence-electron chi connectivity index (χ3n) is 2.19. The van der Waals surface area contributed by atoms with Gasteiger partial charge in [0.1, 0.15) is 0 Å². The molecular formula is C11H13N3O2. The van der Waals surface area contributed by atoms with Gasteiger partial charge in [0.2, 0.25) is 0 Å². The first-order chi connectivity index (χ1) is 7.81. The van der Waals surface area contributed by atoms with Crippen molar-refractivity contribution in [3.63, 3.8) is 0 Å². The first kappa shape index (κ1) is 10.6. The lowest BCUT2D eigenvalue weighted by atomic mass is 10.3. The van der Waals surface area contributed by atoms with Crippen LogP contribution < -0.4 is 5.32 Å². The van der Waals surface area contributed by atoms with Crippen LogP contribution in [0.3, 0.4) is 0 Å². The lowest BCUT2D eigenvalue weighted by molar-refractivity contribution is 0.0932. The van der Waals surface area contributed by atoms with Crippen LogP contribution in [-0.4, -0.2) is 35.8 Å². The first-order valence-electron chi connectivity index (χ1n) is 5.03. The van der Waals surface area contributed by atoms with Gasteiger partial charge in [-0.05, 0) is 18.2 Å². The second-order valence-corrected chi connectivity index (χ2v) is 3.35. The molecule has 1 amide bonds. The summed E-state index contributed by atoms with van der Waals surface area (Å²) in [7, 11) is 1.59. The largest absolute Gasteiger partial charge is 0.383 e. The summed E-state index contributed by atoms with van der Waals surface area (Å²) in [4.78, 5) is 11.6. The van der Waals surface area contributed by atoms with Crippen molar-refractivity contribution in [2.24, 2.45) is 0 Å². The summed E-state index contributed by atoms with van der Waals surface area (Å²) in [5.41, 5.74) is 1.32. The van der Waals surface area contributed by atoms with E-state index in [0.29, 0.717) is 18.8 Å². The van der Waals surface area contributed by atoms with Crippen LogP contribution in [0.1, 0.15) is 10.5 Å². The highest BCUT2D eigenvalue weighted by atomic mass is 16.5. The maximum atomic E-state index is 11.6. The molecule has 0 saturated carbocycles. The summed E-state index contributed by atoms with van der Waals surface area (Å²) in [6.45, 7) is 0.988. The number of amides is 1. The van der Waals surface area contributed by atoms with Gasteiger partial charge in [0.05, 0.1) is 12.1 Å². The predicted molar refractivity (Wildman–Crippen MR) is 59.4 cm³/mol. The van der Waals surface area contributed by atoms with Crippen LogP contribution in [0.2, 0.25) is 0 Å². The van der Waals surface area contributed by atoms with E-state index in [-0.39, 0.29) is 5.91 Å². The van der Waals surface area contributed by atoms with Crippen molar-refractivity contribution in [1.29, 1.82) is 0 Å². The molecule has 0 aliphatic heterocycles. The van der Waals surface area contributed by atoms with Gasteiger partial charge >= 0.3 is 0 Å². The Balaban J connectivity index is 2.11. The molecule has 1 N–H and O–H groups in total. The Bertz CT molecular complexity index is 460. The monoisotopic (exact) mass is 219 g/mol. The Hall–Kier alpha value is -1.88. The molecule has 2 rings (SSSR count). The zero-order valence-electron chi connectivity index (χ0n) is 9.01. The minimum Gasteiger partial charge on any atom is -0.383 e. The third kappa shape index (κ3) is 2.20. The van der Waals surface area contributed by atoms with Gasteiger partial charge in [0.15, 0.2) is 5.69 Å². The zero-order valence-corrected chi connectivity index (χ0v) is 9.01. The summed E-state index contributed by atoms with van der Waals surface area (Å²) in [5.74, 6) is -0.180. The number of carbonyl (C=O) groups is 1. The van der Waals surface area contributed by atoms with Crippen molar-refractivity contribution in [2.45, 2.75) is 0 Å². The molecule has 2 aromatic rings. The van der Waals surface area contributed by atoms with E-state index in [2.05, 4.69) is 10.4 Å². The predicted octanol–water partition coefficient (Wildman–Crippen LogP) is 0.710. The fourth-order valence-electron chi connectivity index (χ4n) is 1.41. The van der Waals surface area contributed by atoms with E-state index in [9.17, 15) is 4.79 Å². The van der Waals surface area contributed by atoms with Gasteiger partial charge in [-0.15, -0.1) is 0 Å². The van der Waals surface area contributed by atoms with Gasteiger partial charge in [-0.3, -0.25) is 4.79 Å². The number of methoxy groups -OCH3 is 1. The first-order valence-corrected chi connectivity index (χ1v) is 5.03. The van der Waals surface area contributed by atoms with Crippen LogP contribution in [0, 0.1) is 0 Å².